The average Bonchev–Trinajstić information content (AvgIpc) is 2.30. The molecule has 52 valence electrons. The normalized spacial score (nSPS) is 9.30. The van der Waals surface area contributed by atoms with Gasteiger partial charge in [0.05, 0.1) is 6.54 Å². The van der Waals surface area contributed by atoms with Crippen LogP contribution < -0.4 is 5.73 Å². The Bertz CT molecular complexity index is 271. The molecule has 0 bridgehead atoms. The Morgan fingerprint density at radius 3 is 2.90 bits per heavy atom. The standard InChI is InChI=1S/C6H7N3O/c1-4-9-5(2-7)6(3-8)10-4/h3,8H2,1H3. The van der Waals surface area contributed by atoms with Gasteiger partial charge in [0, 0.05) is 6.92 Å². The van der Waals surface area contributed by atoms with Gasteiger partial charge in [-0.25, -0.2) is 4.98 Å². The molecule has 2 N–H and O–H groups in total. The molecule has 0 aliphatic heterocycles. The third-order valence-electron chi connectivity index (χ3n) is 1.10. The van der Waals surface area contributed by atoms with Crippen molar-refractivity contribution in [3.8, 4) is 6.07 Å². The van der Waals surface area contributed by atoms with Gasteiger partial charge in [-0.2, -0.15) is 5.26 Å². The molecule has 1 aromatic heterocycles. The zero-order valence-electron chi connectivity index (χ0n) is 5.59. The quantitative estimate of drug-likeness (QED) is 0.604. The highest BCUT2D eigenvalue weighted by Crippen LogP contribution is 2.07. The molecule has 1 rings (SSSR count). The Morgan fingerprint density at radius 1 is 1.80 bits per heavy atom. The Kier molecular flexibility index (Phi) is 1.69. The predicted molar refractivity (Wildman–Crippen MR) is 33.8 cm³/mol. The summed E-state index contributed by atoms with van der Waals surface area (Å²) in [6.07, 6.45) is 0. The van der Waals surface area contributed by atoms with Crippen LogP contribution in [-0.4, -0.2) is 4.98 Å². The Balaban J connectivity index is 3.12. The van der Waals surface area contributed by atoms with Crippen molar-refractivity contribution < 1.29 is 4.42 Å². The van der Waals surface area contributed by atoms with E-state index in [-0.39, 0.29) is 6.54 Å². The number of rotatable bonds is 1. The fourth-order valence-corrected chi connectivity index (χ4v) is 0.695. The van der Waals surface area contributed by atoms with Crippen molar-refractivity contribution in [1.29, 1.82) is 5.26 Å². The van der Waals surface area contributed by atoms with E-state index in [2.05, 4.69) is 4.98 Å². The largest absolute Gasteiger partial charge is 0.443 e. The average molecular weight is 137 g/mol. The molecule has 4 heteroatoms. The number of nitrogens with zero attached hydrogens (tertiary/aromatic N) is 2. The first-order valence-corrected chi connectivity index (χ1v) is 2.84. The van der Waals surface area contributed by atoms with Crippen LogP contribution in [0.5, 0.6) is 0 Å². The molecule has 0 radical (unpaired) electrons. The first-order valence-electron chi connectivity index (χ1n) is 2.84. The first-order chi connectivity index (χ1) is 4.77. The van der Waals surface area contributed by atoms with Crippen molar-refractivity contribution in [1.82, 2.24) is 4.98 Å². The summed E-state index contributed by atoms with van der Waals surface area (Å²) in [5.74, 6) is 0.942. The van der Waals surface area contributed by atoms with Crippen LogP contribution in [-0.2, 0) is 6.54 Å². The fraction of sp³-hybridized carbons (Fsp3) is 0.333. The number of oxazole rings is 1. The molecule has 0 unspecified atom stereocenters. The van der Waals surface area contributed by atoms with Crippen molar-refractivity contribution in [2.45, 2.75) is 13.5 Å². The van der Waals surface area contributed by atoms with Gasteiger partial charge in [-0.3, -0.25) is 0 Å². The predicted octanol–water partition coefficient (Wildman–Crippen LogP) is 0.313. The van der Waals surface area contributed by atoms with Crippen molar-refractivity contribution >= 4 is 0 Å². The minimum Gasteiger partial charge on any atom is -0.443 e. The molecule has 0 saturated heterocycles. The van der Waals surface area contributed by atoms with E-state index in [1.54, 1.807) is 6.92 Å². The Labute approximate surface area is 58.3 Å². The van der Waals surface area contributed by atoms with Gasteiger partial charge in [0.1, 0.15) is 6.07 Å². The lowest BCUT2D eigenvalue weighted by Gasteiger charge is -1.83. The lowest BCUT2D eigenvalue weighted by atomic mass is 10.4. The molecule has 0 spiro atoms. The molecule has 4 nitrogen and oxygen atoms in total. The summed E-state index contributed by atoms with van der Waals surface area (Å²) >= 11 is 0. The molecule has 1 heterocycles. The summed E-state index contributed by atoms with van der Waals surface area (Å²) in [6.45, 7) is 1.91. The van der Waals surface area contributed by atoms with E-state index in [0.717, 1.165) is 0 Å². The SMILES string of the molecule is Cc1nc(C#N)c(CN)o1. The minimum absolute atomic E-state index is 0.226. The van der Waals surface area contributed by atoms with Gasteiger partial charge >= 0.3 is 0 Å². The zero-order valence-corrected chi connectivity index (χ0v) is 5.59. The number of aromatic nitrogens is 1. The van der Waals surface area contributed by atoms with E-state index in [1.807, 2.05) is 6.07 Å². The van der Waals surface area contributed by atoms with Crippen LogP contribution in [0.2, 0.25) is 0 Å². The van der Waals surface area contributed by atoms with Gasteiger partial charge in [-0.15, -0.1) is 0 Å². The van der Waals surface area contributed by atoms with E-state index >= 15 is 0 Å². The van der Waals surface area contributed by atoms with Crippen molar-refractivity contribution in [2.24, 2.45) is 5.73 Å². The first kappa shape index (κ1) is 6.78. The van der Waals surface area contributed by atoms with Gasteiger partial charge in [-0.1, -0.05) is 0 Å². The van der Waals surface area contributed by atoms with Gasteiger partial charge in [0.25, 0.3) is 0 Å². The topological polar surface area (TPSA) is 75.8 Å². The highest BCUT2D eigenvalue weighted by atomic mass is 16.4. The molecular formula is C6H7N3O. The Hall–Kier alpha value is -1.34. The van der Waals surface area contributed by atoms with Gasteiger partial charge in [0.15, 0.2) is 17.3 Å². The molecule has 0 saturated carbocycles. The highest BCUT2D eigenvalue weighted by Gasteiger charge is 2.06. The van der Waals surface area contributed by atoms with Crippen LogP contribution >= 0.6 is 0 Å². The monoisotopic (exact) mass is 137 g/mol. The summed E-state index contributed by atoms with van der Waals surface area (Å²) in [6, 6.07) is 1.88. The second kappa shape index (κ2) is 2.50. The van der Waals surface area contributed by atoms with Crippen LogP contribution in [0.15, 0.2) is 4.42 Å². The number of nitrogens with two attached hydrogens (primary N) is 1. The maximum Gasteiger partial charge on any atom is 0.192 e. The molecule has 0 amide bonds. The summed E-state index contributed by atoms with van der Waals surface area (Å²) in [4.78, 5) is 3.79. The van der Waals surface area contributed by atoms with Crippen molar-refractivity contribution in [3.05, 3.63) is 17.3 Å². The molecule has 0 atom stereocenters. The fourth-order valence-electron chi connectivity index (χ4n) is 0.695. The van der Waals surface area contributed by atoms with E-state index in [9.17, 15) is 0 Å². The smallest absolute Gasteiger partial charge is 0.192 e. The van der Waals surface area contributed by atoms with Crippen LogP contribution in [0.3, 0.4) is 0 Å². The van der Waals surface area contributed by atoms with E-state index in [1.165, 1.54) is 0 Å². The number of hydrogen-bond donors (Lipinski definition) is 1. The molecule has 0 aliphatic carbocycles. The van der Waals surface area contributed by atoms with Crippen molar-refractivity contribution in [3.63, 3.8) is 0 Å². The van der Waals surface area contributed by atoms with Gasteiger partial charge < -0.3 is 10.2 Å². The van der Waals surface area contributed by atoms with E-state index in [0.29, 0.717) is 17.3 Å². The summed E-state index contributed by atoms with van der Waals surface area (Å²) < 4.78 is 5.00. The zero-order chi connectivity index (χ0) is 7.56. The van der Waals surface area contributed by atoms with E-state index < -0.39 is 0 Å². The van der Waals surface area contributed by atoms with Crippen LogP contribution in [0.1, 0.15) is 17.3 Å². The van der Waals surface area contributed by atoms with E-state index in [4.69, 9.17) is 15.4 Å². The molecular weight excluding hydrogens is 130 g/mol. The van der Waals surface area contributed by atoms with Crippen molar-refractivity contribution in [2.75, 3.05) is 0 Å². The molecule has 0 aliphatic rings. The third kappa shape index (κ3) is 0.993. The van der Waals surface area contributed by atoms with Gasteiger partial charge in [-0.05, 0) is 0 Å². The minimum atomic E-state index is 0.226. The molecule has 0 fully saturated rings. The van der Waals surface area contributed by atoms with Crippen LogP contribution in [0.25, 0.3) is 0 Å². The van der Waals surface area contributed by atoms with Crippen LogP contribution in [0, 0.1) is 18.3 Å². The number of hydrogen-bond acceptors (Lipinski definition) is 4. The summed E-state index contributed by atoms with van der Waals surface area (Å²) in [7, 11) is 0. The number of aryl methyl sites for hydroxylation is 1. The Morgan fingerprint density at radius 2 is 2.50 bits per heavy atom. The maximum absolute atomic E-state index is 8.43. The third-order valence-corrected chi connectivity index (χ3v) is 1.10. The van der Waals surface area contributed by atoms with Gasteiger partial charge in [0.2, 0.25) is 0 Å². The lowest BCUT2D eigenvalue weighted by molar-refractivity contribution is 0.476. The number of nitriles is 1. The molecule has 10 heavy (non-hydrogen) atoms. The summed E-state index contributed by atoms with van der Waals surface area (Å²) in [5, 5.41) is 8.43. The second-order valence-corrected chi connectivity index (χ2v) is 1.82. The lowest BCUT2D eigenvalue weighted by Crippen LogP contribution is -1.96. The second-order valence-electron chi connectivity index (χ2n) is 1.82. The highest BCUT2D eigenvalue weighted by molar-refractivity contribution is 5.23. The summed E-state index contributed by atoms with van der Waals surface area (Å²) in [5.41, 5.74) is 5.55. The molecule has 1 aromatic rings. The van der Waals surface area contributed by atoms with Crippen LogP contribution in [0.4, 0.5) is 0 Å². The maximum atomic E-state index is 8.43. The molecule has 0 aromatic carbocycles.